The Kier molecular flexibility index (Phi) is 5.21. The number of ether oxygens (including phenoxy) is 1. The molecule has 0 aliphatic carbocycles. The van der Waals surface area contributed by atoms with Gasteiger partial charge in [-0.3, -0.25) is 9.69 Å². The Morgan fingerprint density at radius 3 is 3.11 bits per heavy atom. The zero-order valence-corrected chi connectivity index (χ0v) is 12.7. The van der Waals surface area contributed by atoms with E-state index in [0.717, 1.165) is 16.6 Å². The van der Waals surface area contributed by atoms with E-state index in [-0.39, 0.29) is 12.5 Å². The number of carboxylic acids is 1. The Balaban J connectivity index is 2.10. The van der Waals surface area contributed by atoms with Crippen molar-refractivity contribution in [2.24, 2.45) is 0 Å². The molecule has 1 aliphatic heterocycles. The van der Waals surface area contributed by atoms with Crippen LogP contribution in [0.2, 0.25) is 5.02 Å². The molecule has 1 atom stereocenters. The lowest BCUT2D eigenvalue weighted by molar-refractivity contribution is -0.140. The second-order valence-electron chi connectivity index (χ2n) is 4.53. The van der Waals surface area contributed by atoms with Crippen molar-refractivity contribution in [3.05, 3.63) is 33.3 Å². The molecule has 6 heteroatoms. The third kappa shape index (κ3) is 4.18. The molecule has 1 fully saturated rings. The lowest BCUT2D eigenvalue weighted by atomic mass is 10.1. The maximum Gasteiger partial charge on any atom is 0.305 e. The van der Waals surface area contributed by atoms with Crippen molar-refractivity contribution in [1.29, 1.82) is 0 Å². The second kappa shape index (κ2) is 6.70. The van der Waals surface area contributed by atoms with E-state index in [1.807, 2.05) is 18.2 Å². The van der Waals surface area contributed by atoms with E-state index in [9.17, 15) is 4.79 Å². The van der Waals surface area contributed by atoms with Crippen LogP contribution in [-0.4, -0.2) is 41.8 Å². The molecule has 2 rings (SSSR count). The normalized spacial score (nSPS) is 20.4. The van der Waals surface area contributed by atoms with Crippen molar-refractivity contribution in [3.63, 3.8) is 0 Å². The first-order valence-electron chi connectivity index (χ1n) is 6.04. The summed E-state index contributed by atoms with van der Waals surface area (Å²) in [6.07, 6.45) is 0.0954. The number of hydrogen-bond acceptors (Lipinski definition) is 3. The summed E-state index contributed by atoms with van der Waals surface area (Å²) in [4.78, 5) is 13.0. The first-order valence-corrected chi connectivity index (χ1v) is 7.21. The van der Waals surface area contributed by atoms with E-state index in [2.05, 4.69) is 20.8 Å². The topological polar surface area (TPSA) is 49.8 Å². The summed E-state index contributed by atoms with van der Waals surface area (Å²) in [5.41, 5.74) is 1.06. The Morgan fingerprint density at radius 1 is 1.58 bits per heavy atom. The van der Waals surface area contributed by atoms with Gasteiger partial charge in [-0.1, -0.05) is 27.5 Å². The first kappa shape index (κ1) is 14.8. The van der Waals surface area contributed by atoms with Crippen LogP contribution in [0.25, 0.3) is 0 Å². The molecule has 1 aromatic carbocycles. The number of morpholine rings is 1. The highest BCUT2D eigenvalue weighted by molar-refractivity contribution is 9.10. The van der Waals surface area contributed by atoms with Gasteiger partial charge < -0.3 is 9.84 Å². The number of carboxylic acid groups (broad SMARTS) is 1. The minimum absolute atomic E-state index is 0.0860. The SMILES string of the molecule is O=C(O)CC1COCCN1Cc1cc(Cl)ccc1Br. The molecule has 0 radical (unpaired) electrons. The summed E-state index contributed by atoms with van der Waals surface area (Å²) in [7, 11) is 0. The van der Waals surface area contributed by atoms with Crippen LogP contribution in [-0.2, 0) is 16.1 Å². The molecule has 0 spiro atoms. The minimum Gasteiger partial charge on any atom is -0.481 e. The van der Waals surface area contributed by atoms with E-state index >= 15 is 0 Å². The molecule has 1 aromatic rings. The van der Waals surface area contributed by atoms with Crippen LogP contribution < -0.4 is 0 Å². The van der Waals surface area contributed by atoms with Gasteiger partial charge in [-0.15, -0.1) is 0 Å². The number of halogens is 2. The van der Waals surface area contributed by atoms with E-state index in [1.165, 1.54) is 0 Å². The number of benzene rings is 1. The van der Waals surface area contributed by atoms with Crippen LogP contribution in [0.1, 0.15) is 12.0 Å². The van der Waals surface area contributed by atoms with Gasteiger partial charge in [0.2, 0.25) is 0 Å². The Labute approximate surface area is 125 Å². The zero-order valence-electron chi connectivity index (χ0n) is 10.3. The molecule has 1 unspecified atom stereocenters. The predicted octanol–water partition coefficient (Wildman–Crippen LogP) is 2.78. The Morgan fingerprint density at radius 2 is 2.37 bits per heavy atom. The fourth-order valence-electron chi connectivity index (χ4n) is 2.17. The minimum atomic E-state index is -0.800. The fraction of sp³-hybridized carbons (Fsp3) is 0.462. The van der Waals surface area contributed by atoms with E-state index in [0.29, 0.717) is 24.8 Å². The molecule has 0 aromatic heterocycles. The van der Waals surface area contributed by atoms with Crippen LogP contribution in [0.5, 0.6) is 0 Å². The van der Waals surface area contributed by atoms with Crippen LogP contribution in [0, 0.1) is 0 Å². The Bertz CT molecular complexity index is 469. The van der Waals surface area contributed by atoms with Crippen molar-refractivity contribution >= 4 is 33.5 Å². The number of carbonyl (C=O) groups is 1. The van der Waals surface area contributed by atoms with Gasteiger partial charge in [0.1, 0.15) is 0 Å². The van der Waals surface area contributed by atoms with E-state index < -0.39 is 5.97 Å². The van der Waals surface area contributed by atoms with Crippen molar-refractivity contribution in [2.45, 2.75) is 19.0 Å². The summed E-state index contributed by atoms with van der Waals surface area (Å²) < 4.78 is 6.35. The molecule has 1 aliphatic rings. The maximum absolute atomic E-state index is 10.9. The molecule has 19 heavy (non-hydrogen) atoms. The lowest BCUT2D eigenvalue weighted by Gasteiger charge is -2.35. The predicted molar refractivity (Wildman–Crippen MR) is 76.4 cm³/mol. The summed E-state index contributed by atoms with van der Waals surface area (Å²) in [5.74, 6) is -0.800. The maximum atomic E-state index is 10.9. The van der Waals surface area contributed by atoms with Crippen LogP contribution in [0.4, 0.5) is 0 Å². The Hall–Kier alpha value is -0.620. The molecule has 1 N–H and O–H groups in total. The quantitative estimate of drug-likeness (QED) is 0.909. The van der Waals surface area contributed by atoms with E-state index in [1.54, 1.807) is 0 Å². The van der Waals surface area contributed by atoms with Gasteiger partial charge in [0, 0.05) is 28.6 Å². The summed E-state index contributed by atoms with van der Waals surface area (Å²) in [6, 6.07) is 5.55. The highest BCUT2D eigenvalue weighted by atomic mass is 79.9. The number of rotatable bonds is 4. The first-order chi connectivity index (χ1) is 9.06. The third-order valence-corrected chi connectivity index (χ3v) is 4.15. The summed E-state index contributed by atoms with van der Waals surface area (Å²) >= 11 is 9.49. The zero-order chi connectivity index (χ0) is 13.8. The molecule has 4 nitrogen and oxygen atoms in total. The molecular formula is C13H15BrClNO3. The standard InChI is InChI=1S/C13H15BrClNO3/c14-12-2-1-10(15)5-9(12)7-16-3-4-19-8-11(16)6-13(17)18/h1-2,5,11H,3-4,6-8H2,(H,17,18). The van der Waals surface area contributed by atoms with Crippen LogP contribution in [0.3, 0.4) is 0 Å². The second-order valence-corrected chi connectivity index (χ2v) is 5.82. The van der Waals surface area contributed by atoms with Crippen molar-refractivity contribution < 1.29 is 14.6 Å². The molecule has 0 saturated carbocycles. The van der Waals surface area contributed by atoms with Gasteiger partial charge in [0.25, 0.3) is 0 Å². The molecule has 1 heterocycles. The number of hydrogen-bond donors (Lipinski definition) is 1. The van der Waals surface area contributed by atoms with Gasteiger partial charge in [0.05, 0.1) is 19.6 Å². The van der Waals surface area contributed by atoms with Gasteiger partial charge in [-0.05, 0) is 23.8 Å². The average molecular weight is 349 g/mol. The van der Waals surface area contributed by atoms with Crippen LogP contribution >= 0.6 is 27.5 Å². The highest BCUT2D eigenvalue weighted by Gasteiger charge is 2.25. The summed E-state index contributed by atoms with van der Waals surface area (Å²) in [5, 5.41) is 9.62. The molecule has 0 amide bonds. The van der Waals surface area contributed by atoms with Gasteiger partial charge >= 0.3 is 5.97 Å². The average Bonchev–Trinajstić information content (AvgIpc) is 2.35. The van der Waals surface area contributed by atoms with E-state index in [4.69, 9.17) is 21.4 Å². The van der Waals surface area contributed by atoms with Crippen LogP contribution in [0.15, 0.2) is 22.7 Å². The molecular weight excluding hydrogens is 334 g/mol. The monoisotopic (exact) mass is 347 g/mol. The van der Waals surface area contributed by atoms with Crippen molar-refractivity contribution in [3.8, 4) is 0 Å². The smallest absolute Gasteiger partial charge is 0.305 e. The highest BCUT2D eigenvalue weighted by Crippen LogP contribution is 2.24. The fourth-order valence-corrected chi connectivity index (χ4v) is 2.74. The van der Waals surface area contributed by atoms with Gasteiger partial charge in [-0.25, -0.2) is 0 Å². The summed E-state index contributed by atoms with van der Waals surface area (Å²) in [6.45, 7) is 2.50. The molecule has 104 valence electrons. The van der Waals surface area contributed by atoms with Crippen molar-refractivity contribution in [2.75, 3.05) is 19.8 Å². The number of nitrogens with zero attached hydrogens (tertiary/aromatic N) is 1. The lowest BCUT2D eigenvalue weighted by Crippen LogP contribution is -2.45. The van der Waals surface area contributed by atoms with Gasteiger partial charge in [-0.2, -0.15) is 0 Å². The van der Waals surface area contributed by atoms with Crippen molar-refractivity contribution in [1.82, 2.24) is 4.90 Å². The number of aliphatic carboxylic acids is 1. The largest absolute Gasteiger partial charge is 0.481 e. The molecule has 0 bridgehead atoms. The van der Waals surface area contributed by atoms with Gasteiger partial charge in [0.15, 0.2) is 0 Å². The molecule has 1 saturated heterocycles. The third-order valence-electron chi connectivity index (χ3n) is 3.14.